The van der Waals surface area contributed by atoms with Crippen molar-refractivity contribution < 1.29 is 10.2 Å². The Morgan fingerprint density at radius 3 is 2.85 bits per heavy atom. The zero-order valence-electron chi connectivity index (χ0n) is 17.7. The Bertz CT molecular complexity index is 1390. The van der Waals surface area contributed by atoms with Crippen molar-refractivity contribution in [3.8, 4) is 0 Å². The predicted molar refractivity (Wildman–Crippen MR) is 131 cm³/mol. The lowest BCUT2D eigenvalue weighted by Gasteiger charge is -2.28. The number of nitrogens with two attached hydrogens (primary N) is 1. The lowest BCUT2D eigenvalue weighted by molar-refractivity contribution is -0.0260. The standard InChI is InChI=1S/C24H23BrClN5O2/c25-16-7-13-2-1-12(8-17(13)30-21(16)26)14-3-5-24(9-14)10-18(19(32)20(24)33)31-6-4-15-22(27)28-11-29-23(15)31/h1-2,4,6-8,11,14,18-20,32-33H,3,5,9-10H2,(H2,27,28,29)/t14-,18-,19+,20+,24+/m1/s1. The largest absolute Gasteiger partial charge is 0.390 e. The van der Waals surface area contributed by atoms with Crippen LogP contribution in [0.25, 0.3) is 21.9 Å². The van der Waals surface area contributed by atoms with E-state index >= 15 is 0 Å². The maximum atomic E-state index is 11.2. The normalized spacial score (nSPS) is 29.6. The van der Waals surface area contributed by atoms with E-state index in [9.17, 15) is 10.2 Å². The molecule has 5 atom stereocenters. The zero-order chi connectivity index (χ0) is 22.9. The minimum Gasteiger partial charge on any atom is -0.390 e. The van der Waals surface area contributed by atoms with E-state index < -0.39 is 12.2 Å². The Morgan fingerprint density at radius 2 is 2.00 bits per heavy atom. The van der Waals surface area contributed by atoms with Crippen LogP contribution >= 0.6 is 27.5 Å². The van der Waals surface area contributed by atoms with Gasteiger partial charge in [0.2, 0.25) is 0 Å². The fourth-order valence-corrected chi connectivity index (χ4v) is 6.52. The number of pyridine rings is 1. The molecule has 0 unspecified atom stereocenters. The van der Waals surface area contributed by atoms with Crippen molar-refractivity contribution in [1.29, 1.82) is 0 Å². The molecule has 2 fully saturated rings. The molecule has 2 aliphatic carbocycles. The third-order valence-corrected chi connectivity index (χ3v) is 8.85. The first kappa shape index (κ1) is 21.3. The summed E-state index contributed by atoms with van der Waals surface area (Å²) >= 11 is 9.64. The highest BCUT2D eigenvalue weighted by Crippen LogP contribution is 2.58. The molecule has 0 aliphatic heterocycles. The molecular formula is C24H23BrClN5O2. The molecule has 0 amide bonds. The molecule has 0 radical (unpaired) electrons. The highest BCUT2D eigenvalue weighted by molar-refractivity contribution is 9.10. The second kappa shape index (κ2) is 7.63. The summed E-state index contributed by atoms with van der Waals surface area (Å²) in [5.74, 6) is 0.707. The van der Waals surface area contributed by atoms with Gasteiger partial charge in [-0.3, -0.25) is 0 Å². The average molecular weight is 529 g/mol. The van der Waals surface area contributed by atoms with Gasteiger partial charge >= 0.3 is 0 Å². The van der Waals surface area contributed by atoms with Gasteiger partial charge in [-0.2, -0.15) is 0 Å². The molecule has 1 aromatic carbocycles. The summed E-state index contributed by atoms with van der Waals surface area (Å²) in [7, 11) is 0. The molecule has 4 aromatic rings. The lowest BCUT2D eigenvalue weighted by Crippen LogP contribution is -2.35. The van der Waals surface area contributed by atoms with Crippen LogP contribution in [0.5, 0.6) is 0 Å². The van der Waals surface area contributed by atoms with Crippen LogP contribution in [0.2, 0.25) is 5.15 Å². The van der Waals surface area contributed by atoms with Crippen LogP contribution in [0.1, 0.15) is 43.2 Å². The van der Waals surface area contributed by atoms with Crippen LogP contribution in [0, 0.1) is 5.41 Å². The third-order valence-electron chi connectivity index (χ3n) is 7.73. The highest BCUT2D eigenvalue weighted by Gasteiger charge is 2.56. The Kier molecular flexibility index (Phi) is 4.92. The topological polar surface area (TPSA) is 110 Å². The summed E-state index contributed by atoms with van der Waals surface area (Å²) in [6.45, 7) is 0. The molecule has 3 heterocycles. The fraction of sp³-hybridized carbons (Fsp3) is 0.375. The fourth-order valence-electron chi connectivity index (χ4n) is 6.04. The van der Waals surface area contributed by atoms with Gasteiger partial charge in [-0.05, 0) is 71.3 Å². The molecule has 7 nitrogen and oxygen atoms in total. The number of aromatic nitrogens is 4. The SMILES string of the molecule is Nc1ncnc2c1ccn2[C@@H]1C[C@@]2(CC[C@@H](c3ccc4cc(Br)c(Cl)nc4c3)C2)[C@@H](O)[C@H]1O. The molecule has 3 aromatic heterocycles. The van der Waals surface area contributed by atoms with Gasteiger partial charge in [0.1, 0.15) is 29.0 Å². The first-order valence-electron chi connectivity index (χ1n) is 11.1. The molecular weight excluding hydrogens is 506 g/mol. The molecule has 2 aliphatic rings. The van der Waals surface area contributed by atoms with E-state index in [1.54, 1.807) is 0 Å². The second-order valence-electron chi connectivity index (χ2n) is 9.44. The second-order valence-corrected chi connectivity index (χ2v) is 10.7. The number of anilines is 1. The van der Waals surface area contributed by atoms with Gasteiger partial charge in [0, 0.05) is 17.0 Å². The Morgan fingerprint density at radius 1 is 1.15 bits per heavy atom. The van der Waals surface area contributed by atoms with Gasteiger partial charge < -0.3 is 20.5 Å². The summed E-state index contributed by atoms with van der Waals surface area (Å²) in [5, 5.41) is 24.5. The highest BCUT2D eigenvalue weighted by atomic mass is 79.9. The summed E-state index contributed by atoms with van der Waals surface area (Å²) in [6.07, 6.45) is 4.96. The Balaban J connectivity index is 1.30. The van der Waals surface area contributed by atoms with E-state index in [1.165, 1.54) is 11.9 Å². The molecule has 170 valence electrons. The summed E-state index contributed by atoms with van der Waals surface area (Å²) in [6, 6.07) is 9.90. The van der Waals surface area contributed by atoms with Crippen molar-refractivity contribution >= 4 is 55.3 Å². The predicted octanol–water partition coefficient (Wildman–Crippen LogP) is 4.60. The van der Waals surface area contributed by atoms with E-state index in [4.69, 9.17) is 17.3 Å². The first-order valence-corrected chi connectivity index (χ1v) is 12.2. The number of rotatable bonds is 2. The number of fused-ring (bicyclic) bond motifs is 2. The van der Waals surface area contributed by atoms with Crippen molar-refractivity contribution in [2.45, 2.75) is 49.9 Å². The van der Waals surface area contributed by atoms with E-state index in [2.05, 4.69) is 49.1 Å². The minimum atomic E-state index is -0.870. The molecule has 0 saturated heterocycles. The van der Waals surface area contributed by atoms with Crippen LogP contribution in [-0.4, -0.2) is 41.9 Å². The average Bonchev–Trinajstić information content (AvgIpc) is 3.48. The third kappa shape index (κ3) is 3.26. The van der Waals surface area contributed by atoms with E-state index in [0.717, 1.165) is 40.0 Å². The molecule has 4 N–H and O–H groups in total. The smallest absolute Gasteiger partial charge is 0.145 e. The molecule has 1 spiro atoms. The van der Waals surface area contributed by atoms with Crippen molar-refractivity contribution in [3.63, 3.8) is 0 Å². The maximum absolute atomic E-state index is 11.2. The quantitative estimate of drug-likeness (QED) is 0.328. The zero-order valence-corrected chi connectivity index (χ0v) is 20.0. The molecule has 6 rings (SSSR count). The van der Waals surface area contributed by atoms with Crippen LogP contribution in [0.4, 0.5) is 5.82 Å². The van der Waals surface area contributed by atoms with E-state index in [0.29, 0.717) is 29.0 Å². The summed E-state index contributed by atoms with van der Waals surface area (Å²) in [5.41, 5.74) is 8.40. The van der Waals surface area contributed by atoms with E-state index in [-0.39, 0.29) is 11.5 Å². The summed E-state index contributed by atoms with van der Waals surface area (Å²) in [4.78, 5) is 12.9. The molecule has 2 saturated carbocycles. The van der Waals surface area contributed by atoms with Crippen molar-refractivity contribution in [2.75, 3.05) is 5.73 Å². The van der Waals surface area contributed by atoms with Gasteiger partial charge in [0.05, 0.1) is 27.5 Å². The number of hydrogen-bond donors (Lipinski definition) is 3. The van der Waals surface area contributed by atoms with Gasteiger partial charge in [-0.25, -0.2) is 15.0 Å². The molecule has 33 heavy (non-hydrogen) atoms. The molecule has 9 heteroatoms. The van der Waals surface area contributed by atoms with Gasteiger partial charge in [0.15, 0.2) is 0 Å². The number of benzene rings is 1. The number of aliphatic hydroxyl groups excluding tert-OH is 2. The number of aliphatic hydroxyl groups is 2. The van der Waals surface area contributed by atoms with Crippen LogP contribution < -0.4 is 5.73 Å². The minimum absolute atomic E-state index is 0.264. The number of hydrogen-bond acceptors (Lipinski definition) is 6. The van der Waals surface area contributed by atoms with Crippen molar-refractivity contribution in [3.05, 3.63) is 58.0 Å². The molecule has 0 bridgehead atoms. The summed E-state index contributed by atoms with van der Waals surface area (Å²) < 4.78 is 2.73. The van der Waals surface area contributed by atoms with Crippen molar-refractivity contribution in [1.82, 2.24) is 19.5 Å². The lowest BCUT2D eigenvalue weighted by atomic mass is 9.80. The van der Waals surface area contributed by atoms with Crippen LogP contribution in [0.15, 0.2) is 47.3 Å². The maximum Gasteiger partial charge on any atom is 0.145 e. The van der Waals surface area contributed by atoms with E-state index in [1.807, 2.05) is 22.9 Å². The van der Waals surface area contributed by atoms with Crippen LogP contribution in [-0.2, 0) is 0 Å². The van der Waals surface area contributed by atoms with Gasteiger partial charge in [-0.15, -0.1) is 0 Å². The number of nitrogens with zero attached hydrogens (tertiary/aromatic N) is 4. The van der Waals surface area contributed by atoms with Crippen LogP contribution in [0.3, 0.4) is 0 Å². The van der Waals surface area contributed by atoms with Gasteiger partial charge in [-0.1, -0.05) is 23.7 Å². The Labute approximate surface area is 203 Å². The van der Waals surface area contributed by atoms with Crippen molar-refractivity contribution in [2.24, 2.45) is 5.41 Å². The number of halogens is 2. The van der Waals surface area contributed by atoms with Gasteiger partial charge in [0.25, 0.3) is 0 Å². The first-order chi connectivity index (χ1) is 15.9. The monoisotopic (exact) mass is 527 g/mol. The number of nitrogen functional groups attached to an aromatic ring is 1. The Hall–Kier alpha value is -2.26.